The molecule has 0 bridgehead atoms. The Morgan fingerprint density at radius 2 is 2.05 bits per heavy atom. The first-order chi connectivity index (χ1) is 18.3. The van der Waals surface area contributed by atoms with Crippen LogP contribution in [-0.2, 0) is 16.1 Å². The van der Waals surface area contributed by atoms with Gasteiger partial charge < -0.3 is 9.47 Å². The number of methoxy groups -OCH3 is 1. The lowest BCUT2D eigenvalue weighted by atomic mass is 9.80. The van der Waals surface area contributed by atoms with Crippen molar-refractivity contribution in [1.82, 2.24) is 0 Å². The average Bonchev–Trinajstić information content (AvgIpc) is 3.58. The molecule has 0 amide bonds. The van der Waals surface area contributed by atoms with Gasteiger partial charge in [-0.25, -0.2) is 4.39 Å². The minimum absolute atomic E-state index is 0.0425. The number of allylic oxidation sites excluding steroid dienone is 2. The zero-order valence-electron chi connectivity index (χ0n) is 22.1. The molecule has 2 aliphatic rings. The molecule has 0 aliphatic heterocycles. The average molecular weight is 530 g/mol. The highest BCUT2D eigenvalue weighted by Crippen LogP contribution is 2.50. The Morgan fingerprint density at radius 3 is 2.74 bits per heavy atom. The summed E-state index contributed by atoms with van der Waals surface area (Å²) in [5.74, 6) is 0.860. The van der Waals surface area contributed by atoms with Crippen molar-refractivity contribution in [2.75, 3.05) is 7.11 Å². The maximum absolute atomic E-state index is 15.0. The highest BCUT2D eigenvalue weighted by molar-refractivity contribution is 7.14. The molecule has 38 heavy (non-hydrogen) atoms. The minimum atomic E-state index is -0.333. The zero-order chi connectivity index (χ0) is 26.9. The summed E-state index contributed by atoms with van der Waals surface area (Å²) in [5, 5.41) is 11.5. The van der Waals surface area contributed by atoms with Crippen LogP contribution in [0.4, 0.5) is 4.39 Å². The van der Waals surface area contributed by atoms with Crippen molar-refractivity contribution >= 4 is 22.9 Å². The van der Waals surface area contributed by atoms with Crippen molar-refractivity contribution in [3.63, 3.8) is 0 Å². The SMILES string of the molecule is COC(=O)C[C@H](c1cccc(OCc2csc(-c3cc(C#N)ccc3F)c2C2=CCCC2(C)C)c1)C1CC1. The Balaban J connectivity index is 1.46. The first-order valence-electron chi connectivity index (χ1n) is 13.1. The van der Waals surface area contributed by atoms with Crippen molar-refractivity contribution in [1.29, 1.82) is 5.26 Å². The highest BCUT2D eigenvalue weighted by Gasteiger charge is 2.35. The number of benzene rings is 2. The van der Waals surface area contributed by atoms with E-state index in [9.17, 15) is 10.1 Å². The third-order valence-corrected chi connectivity index (χ3v) is 8.87. The lowest BCUT2D eigenvalue weighted by Crippen LogP contribution is -2.11. The van der Waals surface area contributed by atoms with Gasteiger partial charge in [0.15, 0.2) is 0 Å². The lowest BCUT2D eigenvalue weighted by molar-refractivity contribution is -0.141. The molecule has 1 fully saturated rings. The third-order valence-electron chi connectivity index (χ3n) is 7.81. The minimum Gasteiger partial charge on any atom is -0.489 e. The number of hydrogen-bond acceptors (Lipinski definition) is 5. The van der Waals surface area contributed by atoms with Crippen molar-refractivity contribution in [2.45, 2.75) is 58.5 Å². The van der Waals surface area contributed by atoms with Gasteiger partial charge in [-0.15, -0.1) is 11.3 Å². The Hall–Kier alpha value is -3.43. The molecule has 2 aromatic carbocycles. The van der Waals surface area contributed by atoms with Gasteiger partial charge in [-0.2, -0.15) is 5.26 Å². The van der Waals surface area contributed by atoms with Crippen LogP contribution in [0.25, 0.3) is 16.0 Å². The van der Waals surface area contributed by atoms with Crippen LogP contribution in [0.3, 0.4) is 0 Å². The summed E-state index contributed by atoms with van der Waals surface area (Å²) < 4.78 is 26.3. The van der Waals surface area contributed by atoms with Crippen LogP contribution in [0.1, 0.15) is 74.1 Å². The molecule has 4 nitrogen and oxygen atoms in total. The number of thiophene rings is 1. The topological polar surface area (TPSA) is 59.3 Å². The summed E-state index contributed by atoms with van der Waals surface area (Å²) in [6.07, 6.45) is 6.89. The van der Waals surface area contributed by atoms with Gasteiger partial charge in [-0.05, 0) is 89.8 Å². The smallest absolute Gasteiger partial charge is 0.306 e. The molecule has 3 aromatic rings. The predicted molar refractivity (Wildman–Crippen MR) is 148 cm³/mol. The van der Waals surface area contributed by atoms with E-state index >= 15 is 4.39 Å². The molecule has 196 valence electrons. The number of nitrogens with zero attached hydrogens (tertiary/aromatic N) is 1. The summed E-state index contributed by atoms with van der Waals surface area (Å²) >= 11 is 1.49. The summed E-state index contributed by atoms with van der Waals surface area (Å²) in [6, 6.07) is 14.7. The Morgan fingerprint density at radius 1 is 1.24 bits per heavy atom. The molecule has 2 aliphatic carbocycles. The van der Waals surface area contributed by atoms with E-state index in [1.54, 1.807) is 6.07 Å². The van der Waals surface area contributed by atoms with Crippen LogP contribution in [0, 0.1) is 28.5 Å². The predicted octanol–water partition coefficient (Wildman–Crippen LogP) is 8.26. The summed E-state index contributed by atoms with van der Waals surface area (Å²) in [6.45, 7) is 4.79. The first kappa shape index (κ1) is 26.2. The van der Waals surface area contributed by atoms with E-state index in [1.807, 2.05) is 23.6 Å². The second-order valence-electron chi connectivity index (χ2n) is 10.9. The van der Waals surface area contributed by atoms with E-state index in [2.05, 4.69) is 32.1 Å². The van der Waals surface area contributed by atoms with Crippen LogP contribution >= 0.6 is 11.3 Å². The molecule has 1 aromatic heterocycles. The van der Waals surface area contributed by atoms with Gasteiger partial charge in [0.25, 0.3) is 0 Å². The fourth-order valence-electron chi connectivity index (χ4n) is 5.51. The number of carbonyl (C=O) groups excluding carboxylic acids is 1. The molecule has 1 atom stereocenters. The largest absolute Gasteiger partial charge is 0.489 e. The fourth-order valence-corrected chi connectivity index (χ4v) is 6.59. The zero-order valence-corrected chi connectivity index (χ0v) is 22.9. The van der Waals surface area contributed by atoms with Crippen molar-refractivity contribution < 1.29 is 18.7 Å². The molecule has 0 unspecified atom stereocenters. The van der Waals surface area contributed by atoms with Gasteiger partial charge in [0.2, 0.25) is 0 Å². The molecule has 0 saturated heterocycles. The Bertz CT molecular complexity index is 1430. The van der Waals surface area contributed by atoms with Gasteiger partial charge in [-0.1, -0.05) is 32.1 Å². The number of carbonyl (C=O) groups is 1. The quantitative estimate of drug-likeness (QED) is 0.262. The van der Waals surface area contributed by atoms with E-state index in [0.717, 1.165) is 53.0 Å². The van der Waals surface area contributed by atoms with E-state index in [-0.39, 0.29) is 23.1 Å². The highest BCUT2D eigenvalue weighted by atomic mass is 32.1. The van der Waals surface area contributed by atoms with Crippen LogP contribution in [0.15, 0.2) is 53.9 Å². The van der Waals surface area contributed by atoms with Crippen LogP contribution in [0.5, 0.6) is 5.75 Å². The molecule has 0 N–H and O–H groups in total. The van der Waals surface area contributed by atoms with Crippen molar-refractivity contribution in [3.05, 3.63) is 82.0 Å². The van der Waals surface area contributed by atoms with Crippen molar-refractivity contribution in [3.8, 4) is 22.3 Å². The third kappa shape index (κ3) is 5.39. The maximum Gasteiger partial charge on any atom is 0.306 e. The number of ether oxygens (including phenoxy) is 2. The standard InChI is InChI=1S/C32H32FNO3S/c1-32(2)13-5-8-27(32)30-23(19-38-31(30)26-14-20(17-34)9-12-28(26)33)18-37-24-7-4-6-22(15-24)25(21-10-11-21)16-29(35)36-3/h4,6-9,12,14-15,19,21,25H,5,10-11,13,16,18H2,1-3H3/t25-/m0/s1. The van der Waals surface area contributed by atoms with Gasteiger partial charge in [0.1, 0.15) is 18.2 Å². The van der Waals surface area contributed by atoms with E-state index in [1.165, 1.54) is 36.2 Å². The summed E-state index contributed by atoms with van der Waals surface area (Å²) in [5.41, 5.74) is 5.17. The van der Waals surface area contributed by atoms with Gasteiger partial charge in [0, 0.05) is 21.6 Å². The first-order valence-corrected chi connectivity index (χ1v) is 14.0. The lowest BCUT2D eigenvalue weighted by Gasteiger charge is -2.24. The number of rotatable bonds is 9. The van der Waals surface area contributed by atoms with Crippen LogP contribution < -0.4 is 4.74 Å². The maximum atomic E-state index is 15.0. The molecular formula is C32H32FNO3S. The second kappa shape index (κ2) is 10.7. The van der Waals surface area contributed by atoms with E-state index in [4.69, 9.17) is 9.47 Å². The molecule has 1 saturated carbocycles. The molecule has 5 rings (SSSR count). The van der Waals surface area contributed by atoms with Gasteiger partial charge >= 0.3 is 5.97 Å². The number of halogens is 1. The van der Waals surface area contributed by atoms with E-state index < -0.39 is 0 Å². The van der Waals surface area contributed by atoms with Gasteiger partial charge in [0.05, 0.1) is 25.2 Å². The van der Waals surface area contributed by atoms with Gasteiger partial charge in [-0.3, -0.25) is 4.79 Å². The molecule has 0 radical (unpaired) electrons. The van der Waals surface area contributed by atoms with Crippen LogP contribution in [0.2, 0.25) is 0 Å². The normalized spacial score (nSPS) is 17.0. The fraction of sp³-hybridized carbons (Fsp3) is 0.375. The van der Waals surface area contributed by atoms with E-state index in [0.29, 0.717) is 30.1 Å². The Labute approximate surface area is 227 Å². The molecule has 6 heteroatoms. The van der Waals surface area contributed by atoms with Crippen LogP contribution in [-0.4, -0.2) is 13.1 Å². The monoisotopic (exact) mass is 529 g/mol. The summed E-state index contributed by atoms with van der Waals surface area (Å²) in [4.78, 5) is 12.9. The Kier molecular flexibility index (Phi) is 7.40. The molecule has 0 spiro atoms. The molecular weight excluding hydrogens is 497 g/mol. The molecule has 1 heterocycles. The number of nitriles is 1. The second-order valence-corrected chi connectivity index (χ2v) is 11.8. The number of esters is 1. The summed E-state index contributed by atoms with van der Waals surface area (Å²) in [7, 11) is 1.43. The number of hydrogen-bond donors (Lipinski definition) is 0. The van der Waals surface area contributed by atoms with Crippen molar-refractivity contribution in [2.24, 2.45) is 11.3 Å².